The van der Waals surface area contributed by atoms with Crippen molar-refractivity contribution in [2.24, 2.45) is 15.9 Å². The van der Waals surface area contributed by atoms with E-state index >= 15 is 0 Å². The molecule has 1 heterocycles. The third kappa shape index (κ3) is 3.36. The molecule has 0 atom stereocenters. The molecule has 1 aromatic rings. The van der Waals surface area contributed by atoms with Crippen LogP contribution >= 0.6 is 0 Å². The zero-order chi connectivity index (χ0) is 9.68. The molecule has 0 aliphatic heterocycles. The molecule has 2 N–H and O–H groups in total. The molecule has 5 heteroatoms. The van der Waals surface area contributed by atoms with Gasteiger partial charge in [-0.25, -0.2) is 0 Å². The predicted octanol–water partition coefficient (Wildman–Crippen LogP) is 0.289. The monoisotopic (exact) mass is 241 g/mol. The first-order valence-corrected chi connectivity index (χ1v) is 4.52. The molecule has 1 aromatic heterocycles. The Morgan fingerprint density at radius 1 is 1.46 bits per heavy atom. The van der Waals surface area contributed by atoms with E-state index in [1.807, 2.05) is 25.1 Å². The standard InChI is InChI=1S/C8H9N4Se/c1-6(11-12-8(9)13)7-4-2-3-5-10-7/h2-5H,1H3,(H2,9,12). The van der Waals surface area contributed by atoms with E-state index in [9.17, 15) is 0 Å². The summed E-state index contributed by atoms with van der Waals surface area (Å²) in [5.41, 5.74) is 6.82. The first-order chi connectivity index (χ1) is 6.20. The van der Waals surface area contributed by atoms with Gasteiger partial charge in [-0.3, -0.25) is 0 Å². The normalized spacial score (nSPS) is 13.0. The minimum absolute atomic E-state index is 0.315. The third-order valence-electron chi connectivity index (χ3n) is 1.33. The fraction of sp³-hybridized carbons (Fsp3) is 0.125. The Hall–Kier alpha value is -1.19. The number of aromatic nitrogens is 1. The van der Waals surface area contributed by atoms with E-state index in [1.165, 1.54) is 0 Å². The van der Waals surface area contributed by atoms with Gasteiger partial charge in [0.15, 0.2) is 0 Å². The van der Waals surface area contributed by atoms with Crippen molar-refractivity contribution in [3.8, 4) is 0 Å². The van der Waals surface area contributed by atoms with Crippen LogP contribution in [0.3, 0.4) is 0 Å². The molecule has 0 spiro atoms. The zero-order valence-corrected chi connectivity index (χ0v) is 8.85. The molecule has 0 saturated carbocycles. The first-order valence-electron chi connectivity index (χ1n) is 3.66. The molecule has 13 heavy (non-hydrogen) atoms. The van der Waals surface area contributed by atoms with Gasteiger partial charge in [0.2, 0.25) is 0 Å². The molecule has 67 valence electrons. The molecule has 0 aliphatic rings. The number of rotatable bonds is 2. The van der Waals surface area contributed by atoms with Crippen molar-refractivity contribution in [1.29, 1.82) is 0 Å². The van der Waals surface area contributed by atoms with Crippen LogP contribution in [0.4, 0.5) is 0 Å². The summed E-state index contributed by atoms with van der Waals surface area (Å²) in [5.74, 6) is 0. The molecule has 0 fully saturated rings. The second-order valence-corrected chi connectivity index (χ2v) is 3.22. The molecule has 0 unspecified atom stereocenters. The molecule has 4 nitrogen and oxygen atoms in total. The van der Waals surface area contributed by atoms with E-state index in [-0.39, 0.29) is 0 Å². The summed E-state index contributed by atoms with van der Waals surface area (Å²) < 4.78 is 0.315. The van der Waals surface area contributed by atoms with Crippen LogP contribution in [0.1, 0.15) is 12.6 Å². The summed E-state index contributed by atoms with van der Waals surface area (Å²) in [6, 6.07) is 5.61. The molecule has 0 amide bonds. The zero-order valence-electron chi connectivity index (χ0n) is 7.14. The van der Waals surface area contributed by atoms with E-state index in [0.29, 0.717) is 4.73 Å². The Labute approximate surface area is 84.8 Å². The third-order valence-corrected chi connectivity index (χ3v) is 1.51. The van der Waals surface area contributed by atoms with E-state index in [0.717, 1.165) is 11.4 Å². The Morgan fingerprint density at radius 3 is 2.77 bits per heavy atom. The summed E-state index contributed by atoms with van der Waals surface area (Å²) >= 11 is 2.55. The van der Waals surface area contributed by atoms with Gasteiger partial charge >= 0.3 is 84.4 Å². The first kappa shape index (κ1) is 9.89. The van der Waals surface area contributed by atoms with Crippen LogP contribution in [0.2, 0.25) is 0 Å². The topological polar surface area (TPSA) is 63.6 Å². The Balaban J connectivity index is 2.86. The number of hydrogen-bond donors (Lipinski definition) is 1. The van der Waals surface area contributed by atoms with Gasteiger partial charge in [0.25, 0.3) is 0 Å². The van der Waals surface area contributed by atoms with Crippen LogP contribution in [0.25, 0.3) is 0 Å². The second kappa shape index (κ2) is 4.74. The molecule has 0 aliphatic carbocycles. The maximum atomic E-state index is 5.29. The van der Waals surface area contributed by atoms with Gasteiger partial charge < -0.3 is 0 Å². The molecule has 0 bridgehead atoms. The number of hydrogen-bond acceptors (Lipinski definition) is 3. The summed E-state index contributed by atoms with van der Waals surface area (Å²) in [5, 5.41) is 7.57. The number of nitrogens with zero attached hydrogens (tertiary/aromatic N) is 3. The second-order valence-electron chi connectivity index (χ2n) is 2.34. The van der Waals surface area contributed by atoms with E-state index in [4.69, 9.17) is 5.73 Å². The van der Waals surface area contributed by atoms with Crippen LogP contribution in [0.15, 0.2) is 34.6 Å². The van der Waals surface area contributed by atoms with E-state index < -0.39 is 0 Å². The Bertz CT molecular complexity index is 327. The summed E-state index contributed by atoms with van der Waals surface area (Å²) in [6.45, 7) is 1.83. The molecule has 1 rings (SSSR count). The average molecular weight is 240 g/mol. The fourth-order valence-electron chi connectivity index (χ4n) is 0.752. The van der Waals surface area contributed by atoms with Crippen LogP contribution in [-0.4, -0.2) is 31.4 Å². The van der Waals surface area contributed by atoms with Crippen molar-refractivity contribution < 1.29 is 0 Å². The van der Waals surface area contributed by atoms with Crippen LogP contribution < -0.4 is 5.73 Å². The minimum atomic E-state index is 0.315. The van der Waals surface area contributed by atoms with Crippen molar-refractivity contribution in [3.05, 3.63) is 30.1 Å². The SMILES string of the molecule is CC(=NN=C(N)[Se])c1ccccn1. The van der Waals surface area contributed by atoms with Gasteiger partial charge in [-0.15, -0.1) is 0 Å². The summed E-state index contributed by atoms with van der Waals surface area (Å²) in [4.78, 5) is 4.11. The Morgan fingerprint density at radius 2 is 2.23 bits per heavy atom. The molecule has 1 radical (unpaired) electrons. The molecule has 0 saturated heterocycles. The predicted molar refractivity (Wildman–Crippen MR) is 53.8 cm³/mol. The molecule has 0 aromatic carbocycles. The van der Waals surface area contributed by atoms with Crippen molar-refractivity contribution in [1.82, 2.24) is 4.98 Å². The summed E-state index contributed by atoms with van der Waals surface area (Å²) in [7, 11) is 0. The van der Waals surface area contributed by atoms with Crippen LogP contribution in [0, 0.1) is 0 Å². The molecular formula is C8H9N4Se. The number of nitrogens with two attached hydrogens (primary N) is 1. The van der Waals surface area contributed by atoms with Crippen molar-refractivity contribution >= 4 is 26.5 Å². The van der Waals surface area contributed by atoms with Gasteiger partial charge in [0, 0.05) is 0 Å². The fourth-order valence-corrected chi connectivity index (χ4v) is 0.838. The average Bonchev–Trinajstić information content (AvgIpc) is 2.15. The molecular weight excluding hydrogens is 231 g/mol. The van der Waals surface area contributed by atoms with Crippen molar-refractivity contribution in [2.45, 2.75) is 6.92 Å². The van der Waals surface area contributed by atoms with Crippen LogP contribution in [0.5, 0.6) is 0 Å². The quantitative estimate of drug-likeness (QED) is 0.349. The van der Waals surface area contributed by atoms with Gasteiger partial charge in [0.05, 0.1) is 0 Å². The van der Waals surface area contributed by atoms with Gasteiger partial charge in [0.1, 0.15) is 0 Å². The number of pyridine rings is 1. The van der Waals surface area contributed by atoms with Gasteiger partial charge in [-0.1, -0.05) is 0 Å². The number of amidine groups is 1. The van der Waals surface area contributed by atoms with Crippen molar-refractivity contribution in [2.75, 3.05) is 0 Å². The summed E-state index contributed by atoms with van der Waals surface area (Å²) in [6.07, 6.45) is 1.71. The van der Waals surface area contributed by atoms with E-state index in [1.54, 1.807) is 6.20 Å². The van der Waals surface area contributed by atoms with Crippen molar-refractivity contribution in [3.63, 3.8) is 0 Å². The Kier molecular flexibility index (Phi) is 3.61. The van der Waals surface area contributed by atoms with Gasteiger partial charge in [-0.2, -0.15) is 0 Å². The van der Waals surface area contributed by atoms with E-state index in [2.05, 4.69) is 31.2 Å². The maximum absolute atomic E-state index is 5.29. The van der Waals surface area contributed by atoms with Gasteiger partial charge in [-0.05, 0) is 0 Å². The van der Waals surface area contributed by atoms with Crippen LogP contribution in [-0.2, 0) is 0 Å².